The Hall–Kier alpha value is -3.46. The van der Waals surface area contributed by atoms with E-state index < -0.39 is 0 Å². The third-order valence-corrected chi connectivity index (χ3v) is 5.91. The van der Waals surface area contributed by atoms with Crippen molar-refractivity contribution in [3.8, 4) is 11.3 Å². The first kappa shape index (κ1) is 20.8. The molecule has 1 aliphatic rings. The Bertz CT molecular complexity index is 1070. The summed E-state index contributed by atoms with van der Waals surface area (Å²) in [5.74, 6) is -0.417. The molecule has 9 heteroatoms. The summed E-state index contributed by atoms with van der Waals surface area (Å²) in [6, 6.07) is 9.02. The number of anilines is 2. The molecule has 1 aromatic carbocycles. The summed E-state index contributed by atoms with van der Waals surface area (Å²) < 4.78 is 4.97. The van der Waals surface area contributed by atoms with Crippen molar-refractivity contribution in [3.05, 3.63) is 53.8 Å². The second-order valence-electron chi connectivity index (χ2n) is 7.36. The minimum absolute atomic E-state index is 0.0679. The molecule has 3 aromatic rings. The summed E-state index contributed by atoms with van der Waals surface area (Å²) in [6.07, 6.45) is 4.14. The summed E-state index contributed by atoms with van der Waals surface area (Å²) >= 11 is 1.37. The third-order valence-electron chi connectivity index (χ3n) is 5.16. The van der Waals surface area contributed by atoms with E-state index in [1.807, 2.05) is 29.6 Å². The van der Waals surface area contributed by atoms with Gasteiger partial charge in [-0.25, -0.2) is 4.98 Å². The lowest BCUT2D eigenvalue weighted by Gasteiger charge is -2.30. The van der Waals surface area contributed by atoms with Crippen LogP contribution in [0.3, 0.4) is 0 Å². The number of carbonyl (C=O) groups is 3. The van der Waals surface area contributed by atoms with Crippen molar-refractivity contribution in [3.63, 3.8) is 0 Å². The van der Waals surface area contributed by atoms with Crippen molar-refractivity contribution in [2.75, 3.05) is 23.7 Å². The smallest absolute Gasteiger partial charge is 0.257 e. The highest BCUT2D eigenvalue weighted by Crippen LogP contribution is 2.27. The molecule has 1 fully saturated rings. The molecular weight excluding hydrogens is 416 g/mol. The fraction of sp³-hybridized carbons (Fsp3) is 0.273. The van der Waals surface area contributed by atoms with Crippen LogP contribution >= 0.6 is 11.3 Å². The number of benzene rings is 1. The number of carbonyl (C=O) groups excluding carboxylic acids is 3. The number of amides is 3. The molecule has 31 heavy (non-hydrogen) atoms. The summed E-state index contributed by atoms with van der Waals surface area (Å²) in [7, 11) is 0. The van der Waals surface area contributed by atoms with Crippen LogP contribution in [0.2, 0.25) is 0 Å². The van der Waals surface area contributed by atoms with Gasteiger partial charge in [0.15, 0.2) is 5.13 Å². The van der Waals surface area contributed by atoms with Crippen LogP contribution in [0.4, 0.5) is 10.8 Å². The van der Waals surface area contributed by atoms with Gasteiger partial charge in [0.1, 0.15) is 6.26 Å². The Balaban J connectivity index is 1.31. The van der Waals surface area contributed by atoms with Gasteiger partial charge in [0.25, 0.3) is 5.91 Å². The largest absolute Gasteiger partial charge is 0.472 e. The third kappa shape index (κ3) is 5.00. The van der Waals surface area contributed by atoms with Crippen LogP contribution in [-0.4, -0.2) is 40.7 Å². The number of likely N-dealkylation sites (tertiary alicyclic amines) is 1. The first-order valence-electron chi connectivity index (χ1n) is 9.95. The van der Waals surface area contributed by atoms with E-state index in [9.17, 15) is 14.4 Å². The number of aromatic nitrogens is 1. The molecule has 0 bridgehead atoms. The van der Waals surface area contributed by atoms with Gasteiger partial charge in [0.05, 0.1) is 17.5 Å². The molecule has 1 saturated heterocycles. The second-order valence-corrected chi connectivity index (χ2v) is 8.22. The molecule has 0 saturated carbocycles. The molecule has 1 aliphatic heterocycles. The van der Waals surface area contributed by atoms with E-state index in [0.29, 0.717) is 36.6 Å². The molecule has 0 atom stereocenters. The van der Waals surface area contributed by atoms with Crippen molar-refractivity contribution >= 4 is 39.9 Å². The fourth-order valence-corrected chi connectivity index (χ4v) is 4.23. The van der Waals surface area contributed by atoms with E-state index in [0.717, 1.165) is 16.9 Å². The lowest BCUT2D eigenvalue weighted by Crippen LogP contribution is -2.41. The normalized spacial score (nSPS) is 14.3. The van der Waals surface area contributed by atoms with Gasteiger partial charge in [0, 0.05) is 42.6 Å². The van der Waals surface area contributed by atoms with Crippen molar-refractivity contribution in [2.45, 2.75) is 19.8 Å². The van der Waals surface area contributed by atoms with Crippen LogP contribution in [0.1, 0.15) is 30.1 Å². The van der Waals surface area contributed by atoms with Gasteiger partial charge < -0.3 is 20.0 Å². The van der Waals surface area contributed by atoms with Crippen molar-refractivity contribution < 1.29 is 18.8 Å². The van der Waals surface area contributed by atoms with Crippen molar-refractivity contribution in [1.82, 2.24) is 9.88 Å². The van der Waals surface area contributed by atoms with E-state index in [-0.39, 0.29) is 23.6 Å². The minimum atomic E-state index is -0.155. The fourth-order valence-electron chi connectivity index (χ4n) is 3.51. The number of hydrogen-bond donors (Lipinski definition) is 2. The molecule has 0 unspecified atom stereocenters. The van der Waals surface area contributed by atoms with E-state index in [1.165, 1.54) is 30.8 Å². The molecule has 3 amide bonds. The quantitative estimate of drug-likeness (QED) is 0.630. The number of furan rings is 1. The van der Waals surface area contributed by atoms with Crippen LogP contribution in [0.5, 0.6) is 0 Å². The molecule has 0 aliphatic carbocycles. The Morgan fingerprint density at radius 2 is 1.84 bits per heavy atom. The highest BCUT2D eigenvalue weighted by molar-refractivity contribution is 7.14. The van der Waals surface area contributed by atoms with Crippen LogP contribution in [0, 0.1) is 5.92 Å². The van der Waals surface area contributed by atoms with Gasteiger partial charge in [-0.3, -0.25) is 14.4 Å². The monoisotopic (exact) mass is 438 g/mol. The van der Waals surface area contributed by atoms with Gasteiger partial charge in [-0.15, -0.1) is 11.3 Å². The van der Waals surface area contributed by atoms with E-state index >= 15 is 0 Å². The number of hydrogen-bond acceptors (Lipinski definition) is 6. The molecule has 160 valence electrons. The van der Waals surface area contributed by atoms with E-state index in [2.05, 4.69) is 15.6 Å². The predicted molar refractivity (Wildman–Crippen MR) is 118 cm³/mol. The number of piperidine rings is 1. The minimum Gasteiger partial charge on any atom is -0.472 e. The topological polar surface area (TPSA) is 105 Å². The molecule has 3 heterocycles. The Labute approximate surface area is 183 Å². The number of thiazole rings is 1. The molecule has 0 spiro atoms. The van der Waals surface area contributed by atoms with E-state index in [1.54, 1.807) is 11.0 Å². The average Bonchev–Trinajstić information content (AvgIpc) is 3.46. The standard InChI is InChI=1S/C22H22N4O4S/c1-14(27)23-18-4-2-15(3-5-18)19-13-31-22(24-19)25-20(28)16-6-9-26(10-7-16)21(29)17-8-11-30-12-17/h2-5,8,11-13,16H,6-7,9-10H2,1H3,(H,23,27)(H,24,25,28). The lowest BCUT2D eigenvalue weighted by molar-refractivity contribution is -0.121. The maximum absolute atomic E-state index is 12.7. The Morgan fingerprint density at radius 1 is 1.10 bits per heavy atom. The molecule has 2 N–H and O–H groups in total. The first-order valence-corrected chi connectivity index (χ1v) is 10.8. The van der Waals surface area contributed by atoms with E-state index in [4.69, 9.17) is 4.42 Å². The summed E-state index contributed by atoms with van der Waals surface area (Å²) in [6.45, 7) is 2.53. The number of nitrogens with zero attached hydrogens (tertiary/aromatic N) is 2. The van der Waals surface area contributed by atoms with Gasteiger partial charge in [0.2, 0.25) is 11.8 Å². The van der Waals surface area contributed by atoms with Crippen molar-refractivity contribution in [1.29, 1.82) is 0 Å². The SMILES string of the molecule is CC(=O)Nc1ccc(-c2csc(NC(=O)C3CCN(C(=O)c4ccoc4)CC3)n2)cc1. The highest BCUT2D eigenvalue weighted by atomic mass is 32.1. The molecule has 8 nitrogen and oxygen atoms in total. The summed E-state index contributed by atoms with van der Waals surface area (Å²) in [5, 5.41) is 8.06. The molecule has 2 aromatic heterocycles. The van der Waals surface area contributed by atoms with Crippen LogP contribution in [0.25, 0.3) is 11.3 Å². The molecule has 0 radical (unpaired) electrons. The van der Waals surface area contributed by atoms with Gasteiger partial charge in [-0.2, -0.15) is 0 Å². The van der Waals surface area contributed by atoms with Crippen LogP contribution in [0.15, 0.2) is 52.7 Å². The molecular formula is C22H22N4O4S. The zero-order chi connectivity index (χ0) is 21.8. The summed E-state index contributed by atoms with van der Waals surface area (Å²) in [4.78, 5) is 42.4. The highest BCUT2D eigenvalue weighted by Gasteiger charge is 2.28. The predicted octanol–water partition coefficient (Wildman–Crippen LogP) is 3.85. The number of nitrogens with one attached hydrogen (secondary N) is 2. The summed E-state index contributed by atoms with van der Waals surface area (Å²) in [5.41, 5.74) is 2.91. The number of rotatable bonds is 5. The maximum atomic E-state index is 12.7. The Kier molecular flexibility index (Phi) is 6.13. The first-order chi connectivity index (χ1) is 15.0. The maximum Gasteiger partial charge on any atom is 0.257 e. The zero-order valence-corrected chi connectivity index (χ0v) is 17.8. The van der Waals surface area contributed by atoms with Gasteiger partial charge >= 0.3 is 0 Å². The van der Waals surface area contributed by atoms with Gasteiger partial charge in [-0.05, 0) is 31.0 Å². The second kappa shape index (κ2) is 9.13. The zero-order valence-electron chi connectivity index (χ0n) is 17.0. The van der Waals surface area contributed by atoms with Gasteiger partial charge in [-0.1, -0.05) is 12.1 Å². The van der Waals surface area contributed by atoms with Crippen molar-refractivity contribution in [2.24, 2.45) is 5.92 Å². The van der Waals surface area contributed by atoms with Crippen LogP contribution < -0.4 is 10.6 Å². The Morgan fingerprint density at radius 3 is 2.48 bits per heavy atom. The van der Waals surface area contributed by atoms with Crippen LogP contribution in [-0.2, 0) is 9.59 Å². The average molecular weight is 439 g/mol. The lowest BCUT2D eigenvalue weighted by atomic mass is 9.95. The molecule has 4 rings (SSSR count).